The molecule has 0 aliphatic carbocycles. The van der Waals surface area contributed by atoms with Gasteiger partial charge in [-0.2, -0.15) is 0 Å². The van der Waals surface area contributed by atoms with Gasteiger partial charge in [0.2, 0.25) is 35.4 Å². The van der Waals surface area contributed by atoms with Crippen molar-refractivity contribution in [2.24, 2.45) is 23.7 Å². The van der Waals surface area contributed by atoms with Gasteiger partial charge in [-0.1, -0.05) is 110 Å². The summed E-state index contributed by atoms with van der Waals surface area (Å²) in [5.41, 5.74) is -0.819. The molecule has 0 radical (unpaired) electrons. The number of carbonyl (C=O) groups excluding carboxylic acids is 6. The second-order valence-electron chi connectivity index (χ2n) is 19.1. The fourth-order valence-corrected chi connectivity index (χ4v) is 8.32. The van der Waals surface area contributed by atoms with E-state index < -0.39 is 95.2 Å². The monoisotopic (exact) mass is 854 g/mol. The summed E-state index contributed by atoms with van der Waals surface area (Å²) in [5.74, 6) is -4.79. The SMILES string of the molecule is CC(C)C[C@H]1NC(=O)[C@H](Cc2ccc3ccc4cccc5ccc2c3c45)NC(=O)[C@@H](C(C)C)NC(=O)[C@H](C(C)(C)O)NC[C@H](C)NC(=O)[C@@H](C(C)C)NC(=O)[C@H](C(C)C)NC1=O. The van der Waals surface area contributed by atoms with E-state index in [2.05, 4.69) is 61.5 Å². The largest absolute Gasteiger partial charge is 0.388 e. The molecule has 0 unspecified atom stereocenters. The maximum atomic E-state index is 14.7. The predicted molar refractivity (Wildman–Crippen MR) is 243 cm³/mol. The minimum Gasteiger partial charge on any atom is -0.388 e. The predicted octanol–water partition coefficient (Wildman–Crippen LogP) is 3.81. The molecule has 1 aliphatic heterocycles. The van der Waals surface area contributed by atoms with Crippen LogP contribution >= 0.6 is 0 Å². The highest BCUT2D eigenvalue weighted by molar-refractivity contribution is 6.23. The molecule has 1 fully saturated rings. The summed E-state index contributed by atoms with van der Waals surface area (Å²) in [6, 6.07) is 11.0. The van der Waals surface area contributed by atoms with E-state index in [1.54, 1.807) is 48.5 Å². The first-order valence-electron chi connectivity index (χ1n) is 22.0. The van der Waals surface area contributed by atoms with E-state index in [-0.39, 0.29) is 31.2 Å². The highest BCUT2D eigenvalue weighted by Gasteiger charge is 2.39. The lowest BCUT2D eigenvalue weighted by Gasteiger charge is -2.33. The number of rotatable bonds is 8. The van der Waals surface area contributed by atoms with Crippen LogP contribution in [0, 0.1) is 23.7 Å². The van der Waals surface area contributed by atoms with Gasteiger partial charge in [-0.15, -0.1) is 0 Å². The molecular formula is C48H67N7O7. The van der Waals surface area contributed by atoms with E-state index in [1.807, 2.05) is 44.2 Å². The maximum Gasteiger partial charge on any atom is 0.243 e. The van der Waals surface area contributed by atoms with Crippen molar-refractivity contribution in [1.29, 1.82) is 0 Å². The van der Waals surface area contributed by atoms with Crippen LogP contribution in [0.1, 0.15) is 88.1 Å². The fraction of sp³-hybridized carbons (Fsp3) is 0.542. The molecule has 4 aromatic rings. The average Bonchev–Trinajstić information content (AvgIpc) is 3.18. The van der Waals surface area contributed by atoms with Crippen molar-refractivity contribution >= 4 is 67.8 Å². The van der Waals surface area contributed by atoms with Gasteiger partial charge in [0, 0.05) is 19.0 Å². The Balaban J connectivity index is 1.60. The third-order valence-corrected chi connectivity index (χ3v) is 11.7. The van der Waals surface area contributed by atoms with Gasteiger partial charge in [0.05, 0.1) is 5.60 Å². The van der Waals surface area contributed by atoms with Gasteiger partial charge >= 0.3 is 0 Å². The Kier molecular flexibility index (Phi) is 15.2. The topological polar surface area (TPSA) is 207 Å². The number of hydrogen-bond donors (Lipinski definition) is 8. The Morgan fingerprint density at radius 3 is 1.56 bits per heavy atom. The molecule has 1 aliphatic rings. The molecule has 6 amide bonds. The molecule has 14 nitrogen and oxygen atoms in total. The third kappa shape index (κ3) is 11.2. The summed E-state index contributed by atoms with van der Waals surface area (Å²) in [6.07, 6.45) is 0.259. The molecule has 4 aromatic carbocycles. The second-order valence-corrected chi connectivity index (χ2v) is 19.1. The highest BCUT2D eigenvalue weighted by Crippen LogP contribution is 2.36. The van der Waals surface area contributed by atoms with Crippen molar-refractivity contribution in [3.63, 3.8) is 0 Å². The number of aliphatic hydroxyl groups is 1. The van der Waals surface area contributed by atoms with E-state index >= 15 is 0 Å². The van der Waals surface area contributed by atoms with Crippen molar-refractivity contribution < 1.29 is 33.9 Å². The Morgan fingerprint density at radius 2 is 1.02 bits per heavy atom. The summed E-state index contributed by atoms with van der Waals surface area (Å²) in [4.78, 5) is 85.0. The minimum atomic E-state index is -1.61. The van der Waals surface area contributed by atoms with Gasteiger partial charge in [-0.25, -0.2) is 0 Å². The molecular weight excluding hydrogens is 787 g/mol. The first-order valence-corrected chi connectivity index (χ1v) is 22.0. The normalized spacial score (nSPS) is 24.9. The Bertz CT molecular complexity index is 2250. The Labute approximate surface area is 365 Å². The van der Waals surface area contributed by atoms with Crippen LogP contribution in [0.2, 0.25) is 0 Å². The van der Waals surface area contributed by atoms with Crippen molar-refractivity contribution in [3.8, 4) is 0 Å². The number of carbonyl (C=O) groups is 6. The smallest absolute Gasteiger partial charge is 0.243 e. The molecule has 0 bridgehead atoms. The van der Waals surface area contributed by atoms with Crippen LogP contribution in [0.5, 0.6) is 0 Å². The van der Waals surface area contributed by atoms with Gasteiger partial charge in [0.1, 0.15) is 36.3 Å². The van der Waals surface area contributed by atoms with Gasteiger partial charge in [-0.3, -0.25) is 28.8 Å². The van der Waals surface area contributed by atoms with E-state index in [0.29, 0.717) is 0 Å². The third-order valence-electron chi connectivity index (χ3n) is 11.7. The number of hydrogen-bond acceptors (Lipinski definition) is 8. The van der Waals surface area contributed by atoms with E-state index in [1.165, 1.54) is 13.8 Å². The molecule has 1 heterocycles. The van der Waals surface area contributed by atoms with Crippen LogP contribution in [0.4, 0.5) is 0 Å². The lowest BCUT2D eigenvalue weighted by atomic mass is 9.90. The molecule has 5 rings (SSSR count). The Morgan fingerprint density at radius 1 is 0.565 bits per heavy atom. The summed E-state index contributed by atoms with van der Waals surface area (Å²) < 4.78 is 0. The van der Waals surface area contributed by atoms with E-state index in [9.17, 15) is 33.9 Å². The zero-order valence-electron chi connectivity index (χ0n) is 38.1. The van der Waals surface area contributed by atoms with Crippen molar-refractivity contribution in [3.05, 3.63) is 60.2 Å². The van der Waals surface area contributed by atoms with Gasteiger partial charge in [0.25, 0.3) is 0 Å². The zero-order valence-corrected chi connectivity index (χ0v) is 38.1. The van der Waals surface area contributed by atoms with E-state index in [4.69, 9.17) is 0 Å². The molecule has 0 aromatic heterocycles. The Hall–Kier alpha value is -5.34. The second kappa shape index (κ2) is 19.8. The zero-order chi connectivity index (χ0) is 45.8. The fourth-order valence-electron chi connectivity index (χ4n) is 8.32. The summed E-state index contributed by atoms with van der Waals surface area (Å²) in [5, 5.41) is 37.7. The number of benzene rings is 4. The summed E-state index contributed by atoms with van der Waals surface area (Å²) in [7, 11) is 0. The maximum absolute atomic E-state index is 14.7. The van der Waals surface area contributed by atoms with E-state index in [0.717, 1.165) is 37.9 Å². The van der Waals surface area contributed by atoms with Crippen LogP contribution in [-0.2, 0) is 35.2 Å². The highest BCUT2D eigenvalue weighted by atomic mass is 16.3. The lowest BCUT2D eigenvalue weighted by molar-refractivity contribution is -0.137. The molecule has 62 heavy (non-hydrogen) atoms. The van der Waals surface area contributed by atoms with Crippen molar-refractivity contribution in [2.45, 2.75) is 137 Å². The first kappa shape index (κ1) is 47.7. The molecule has 336 valence electrons. The molecule has 1 saturated heterocycles. The van der Waals surface area contributed by atoms with Crippen LogP contribution in [0.25, 0.3) is 32.3 Å². The van der Waals surface area contributed by atoms with Gasteiger partial charge in [0.15, 0.2) is 0 Å². The van der Waals surface area contributed by atoms with Gasteiger partial charge < -0.3 is 42.3 Å². The molecule has 0 spiro atoms. The van der Waals surface area contributed by atoms with Gasteiger partial charge in [-0.05, 0) is 88.7 Å². The standard InChI is InChI=1S/C48H67N7O7/c1-24(2)21-34-43(57)53-40(27(7)8)46(60)54-38(25(3)4)44(58)50-28(9)23-49-41(48(10,11)62)47(61)55-39(26(5)6)45(59)52-35(42(56)51-34)22-32-18-17-31-16-15-29-13-12-14-30-19-20-33(32)37(31)36(29)30/h12-20,24-28,34-35,38-41,49,62H,21-23H2,1-11H3,(H,50,58)(H,51,56)(H,52,59)(H,53,57)(H,54,60)(H,55,61)/t28-,34+,35-,38+,39+,40-,41+/m0/s1. The lowest BCUT2D eigenvalue weighted by Crippen LogP contribution is -2.63. The summed E-state index contributed by atoms with van der Waals surface area (Å²) >= 11 is 0. The average molecular weight is 854 g/mol. The molecule has 0 saturated carbocycles. The number of nitrogens with one attached hydrogen (secondary N) is 7. The van der Waals surface area contributed by atoms with Crippen molar-refractivity contribution in [2.75, 3.05) is 6.54 Å². The molecule has 7 atom stereocenters. The molecule has 14 heteroatoms. The molecule has 8 N–H and O–H groups in total. The van der Waals surface area contributed by atoms with Crippen LogP contribution in [0.15, 0.2) is 54.6 Å². The van der Waals surface area contributed by atoms with Crippen LogP contribution in [-0.4, -0.2) is 95.0 Å². The quantitative estimate of drug-likeness (QED) is 0.122. The summed E-state index contributed by atoms with van der Waals surface area (Å²) in [6.45, 7) is 19.2. The first-order chi connectivity index (χ1) is 29.1. The minimum absolute atomic E-state index is 0.0426. The number of amides is 6. The van der Waals surface area contributed by atoms with Crippen molar-refractivity contribution in [1.82, 2.24) is 37.2 Å². The van der Waals surface area contributed by atoms with Crippen LogP contribution in [0.3, 0.4) is 0 Å². The van der Waals surface area contributed by atoms with Crippen LogP contribution < -0.4 is 37.2 Å².